The maximum atomic E-state index is 13.5. The Morgan fingerprint density at radius 1 is 1.47 bits per heavy atom. The zero-order valence-corrected chi connectivity index (χ0v) is 11.9. The van der Waals surface area contributed by atoms with Crippen molar-refractivity contribution < 1.29 is 13.9 Å². The van der Waals surface area contributed by atoms with E-state index >= 15 is 0 Å². The molecule has 0 fully saturated rings. The summed E-state index contributed by atoms with van der Waals surface area (Å²) in [7, 11) is 1.37. The van der Waals surface area contributed by atoms with Crippen molar-refractivity contribution in [2.24, 2.45) is 17.6 Å². The topological polar surface area (TPSA) is 64.3 Å². The van der Waals surface area contributed by atoms with Crippen molar-refractivity contribution in [1.82, 2.24) is 0 Å². The Balaban J connectivity index is 2.87. The van der Waals surface area contributed by atoms with E-state index in [1.807, 2.05) is 13.8 Å². The van der Waals surface area contributed by atoms with Crippen molar-refractivity contribution >= 4 is 28.8 Å². The van der Waals surface area contributed by atoms with E-state index in [0.717, 1.165) is 0 Å². The molecule has 1 aromatic carbocycles. The number of thiocarbonyl (C=S) groups is 1. The second-order valence-corrected chi connectivity index (χ2v) is 4.93. The standard InChI is InChI=1S/C13H17FN2O2S/c1-7(2)11(12(15)19)13(17)16-8-4-5-10(18-3)9(14)6-8/h4-7,11H,1-3H3,(H2,15,19)(H,16,17). The average Bonchev–Trinajstić information content (AvgIpc) is 2.27. The number of methoxy groups -OCH3 is 1. The Morgan fingerprint density at radius 2 is 2.11 bits per heavy atom. The molecule has 1 aromatic rings. The van der Waals surface area contributed by atoms with Gasteiger partial charge in [0, 0.05) is 11.8 Å². The lowest BCUT2D eigenvalue weighted by atomic mass is 9.95. The summed E-state index contributed by atoms with van der Waals surface area (Å²) in [6.07, 6.45) is 0. The summed E-state index contributed by atoms with van der Waals surface area (Å²) in [5, 5.41) is 2.59. The van der Waals surface area contributed by atoms with Crippen LogP contribution in [-0.4, -0.2) is 18.0 Å². The van der Waals surface area contributed by atoms with Gasteiger partial charge in [0.1, 0.15) is 0 Å². The molecule has 0 aliphatic carbocycles. The lowest BCUT2D eigenvalue weighted by molar-refractivity contribution is -0.118. The molecule has 1 amide bonds. The van der Waals surface area contributed by atoms with Gasteiger partial charge in [-0.3, -0.25) is 4.79 Å². The van der Waals surface area contributed by atoms with E-state index in [4.69, 9.17) is 22.7 Å². The average molecular weight is 284 g/mol. The van der Waals surface area contributed by atoms with Gasteiger partial charge in [-0.2, -0.15) is 0 Å². The van der Waals surface area contributed by atoms with Crippen LogP contribution in [-0.2, 0) is 4.79 Å². The van der Waals surface area contributed by atoms with Crippen molar-refractivity contribution in [3.05, 3.63) is 24.0 Å². The SMILES string of the molecule is COc1ccc(NC(=O)C(C(N)=S)C(C)C)cc1F. The highest BCUT2D eigenvalue weighted by Gasteiger charge is 2.25. The predicted molar refractivity (Wildman–Crippen MR) is 76.7 cm³/mol. The van der Waals surface area contributed by atoms with Crippen LogP contribution in [0.2, 0.25) is 0 Å². The van der Waals surface area contributed by atoms with Gasteiger partial charge in [0.15, 0.2) is 11.6 Å². The molecule has 3 N–H and O–H groups in total. The van der Waals surface area contributed by atoms with E-state index in [-0.39, 0.29) is 22.6 Å². The molecule has 0 aliphatic heterocycles. The minimum absolute atomic E-state index is 0.0272. The van der Waals surface area contributed by atoms with Gasteiger partial charge in [-0.05, 0) is 18.1 Å². The number of amides is 1. The highest BCUT2D eigenvalue weighted by molar-refractivity contribution is 7.80. The third kappa shape index (κ3) is 3.89. The van der Waals surface area contributed by atoms with Gasteiger partial charge >= 0.3 is 0 Å². The maximum Gasteiger partial charge on any atom is 0.234 e. The number of halogens is 1. The third-order valence-electron chi connectivity index (χ3n) is 2.67. The minimum Gasteiger partial charge on any atom is -0.494 e. The van der Waals surface area contributed by atoms with Crippen LogP contribution in [0.1, 0.15) is 13.8 Å². The minimum atomic E-state index is -0.583. The van der Waals surface area contributed by atoms with E-state index in [0.29, 0.717) is 5.69 Å². The molecule has 0 bridgehead atoms. The first kappa shape index (κ1) is 15.4. The van der Waals surface area contributed by atoms with Crippen LogP contribution in [0.25, 0.3) is 0 Å². The molecule has 6 heteroatoms. The number of nitrogens with two attached hydrogens (primary N) is 1. The monoisotopic (exact) mass is 284 g/mol. The Hall–Kier alpha value is -1.69. The lowest BCUT2D eigenvalue weighted by Gasteiger charge is -2.19. The first-order valence-electron chi connectivity index (χ1n) is 5.80. The van der Waals surface area contributed by atoms with Crippen LogP contribution in [0.15, 0.2) is 18.2 Å². The Labute approximate surface area is 117 Å². The molecule has 19 heavy (non-hydrogen) atoms. The van der Waals surface area contributed by atoms with Gasteiger partial charge in [0.2, 0.25) is 5.91 Å². The molecule has 0 aromatic heterocycles. The summed E-state index contributed by atoms with van der Waals surface area (Å²) >= 11 is 4.87. The van der Waals surface area contributed by atoms with Gasteiger partial charge in [0.25, 0.3) is 0 Å². The van der Waals surface area contributed by atoms with E-state index in [2.05, 4.69) is 5.32 Å². The van der Waals surface area contributed by atoms with Gasteiger partial charge in [-0.25, -0.2) is 4.39 Å². The van der Waals surface area contributed by atoms with Crippen molar-refractivity contribution in [2.75, 3.05) is 12.4 Å². The predicted octanol–water partition coefficient (Wildman–Crippen LogP) is 2.33. The zero-order chi connectivity index (χ0) is 14.6. The van der Waals surface area contributed by atoms with Crippen molar-refractivity contribution in [3.8, 4) is 5.75 Å². The molecule has 1 atom stereocenters. The van der Waals surface area contributed by atoms with Crippen molar-refractivity contribution in [2.45, 2.75) is 13.8 Å². The Kier molecular flexibility index (Phi) is 5.23. The van der Waals surface area contributed by atoms with Crippen molar-refractivity contribution in [1.29, 1.82) is 0 Å². The summed E-state index contributed by atoms with van der Waals surface area (Å²) in [6, 6.07) is 4.18. The van der Waals surface area contributed by atoms with Crippen LogP contribution in [0.4, 0.5) is 10.1 Å². The van der Waals surface area contributed by atoms with Gasteiger partial charge in [0.05, 0.1) is 18.0 Å². The Bertz CT molecular complexity index is 492. The second kappa shape index (κ2) is 6.47. The lowest BCUT2D eigenvalue weighted by Crippen LogP contribution is -2.36. The van der Waals surface area contributed by atoms with Crippen LogP contribution in [0.5, 0.6) is 5.75 Å². The molecule has 1 unspecified atom stereocenters. The smallest absolute Gasteiger partial charge is 0.234 e. The number of benzene rings is 1. The van der Waals surface area contributed by atoms with E-state index in [9.17, 15) is 9.18 Å². The summed E-state index contributed by atoms with van der Waals surface area (Å²) in [6.45, 7) is 3.69. The number of hydrogen-bond donors (Lipinski definition) is 2. The van der Waals surface area contributed by atoms with Crippen LogP contribution in [0.3, 0.4) is 0 Å². The Morgan fingerprint density at radius 3 is 2.53 bits per heavy atom. The summed E-state index contributed by atoms with van der Waals surface area (Å²) in [4.78, 5) is 12.2. The highest BCUT2D eigenvalue weighted by Crippen LogP contribution is 2.22. The van der Waals surface area contributed by atoms with E-state index in [1.165, 1.54) is 19.2 Å². The second-order valence-electron chi connectivity index (χ2n) is 4.46. The molecule has 0 saturated carbocycles. The number of anilines is 1. The third-order valence-corrected chi connectivity index (χ3v) is 2.93. The van der Waals surface area contributed by atoms with Crippen molar-refractivity contribution in [3.63, 3.8) is 0 Å². The van der Waals surface area contributed by atoms with Gasteiger partial charge in [-0.1, -0.05) is 26.1 Å². The number of hydrogen-bond acceptors (Lipinski definition) is 3. The summed E-state index contributed by atoms with van der Waals surface area (Å²) in [5.74, 6) is -1.38. The fourth-order valence-corrected chi connectivity index (χ4v) is 2.10. The maximum absolute atomic E-state index is 13.5. The normalized spacial score (nSPS) is 12.1. The van der Waals surface area contributed by atoms with Gasteiger partial charge < -0.3 is 15.8 Å². The highest BCUT2D eigenvalue weighted by atomic mass is 32.1. The fraction of sp³-hybridized carbons (Fsp3) is 0.385. The molecule has 0 radical (unpaired) electrons. The number of carbonyl (C=O) groups excluding carboxylic acids is 1. The zero-order valence-electron chi connectivity index (χ0n) is 11.1. The number of ether oxygens (including phenoxy) is 1. The molecular weight excluding hydrogens is 267 g/mol. The van der Waals surface area contributed by atoms with Crippen LogP contribution < -0.4 is 15.8 Å². The molecule has 0 spiro atoms. The van der Waals surface area contributed by atoms with E-state index < -0.39 is 11.7 Å². The summed E-state index contributed by atoms with van der Waals surface area (Å²) < 4.78 is 18.3. The largest absolute Gasteiger partial charge is 0.494 e. The molecule has 0 aliphatic rings. The molecule has 104 valence electrons. The molecule has 0 saturated heterocycles. The fourth-order valence-electron chi connectivity index (χ4n) is 1.72. The van der Waals surface area contributed by atoms with Gasteiger partial charge in [-0.15, -0.1) is 0 Å². The molecular formula is C13H17FN2O2S. The quantitative estimate of drug-likeness (QED) is 0.815. The number of nitrogens with one attached hydrogen (secondary N) is 1. The number of rotatable bonds is 5. The number of carbonyl (C=O) groups is 1. The van der Waals surface area contributed by atoms with Crippen LogP contribution >= 0.6 is 12.2 Å². The molecule has 1 rings (SSSR count). The first-order valence-corrected chi connectivity index (χ1v) is 6.21. The molecule has 0 heterocycles. The molecule has 4 nitrogen and oxygen atoms in total. The van der Waals surface area contributed by atoms with Crippen LogP contribution in [0, 0.1) is 17.7 Å². The van der Waals surface area contributed by atoms with E-state index in [1.54, 1.807) is 6.07 Å². The first-order chi connectivity index (χ1) is 8.86. The summed E-state index contributed by atoms with van der Waals surface area (Å²) in [5.41, 5.74) is 5.88.